The summed E-state index contributed by atoms with van der Waals surface area (Å²) >= 11 is 1.50. The molecule has 1 N–H and O–H groups in total. The molecule has 0 saturated carbocycles. The minimum Gasteiger partial charge on any atom is -0.497 e. The van der Waals surface area contributed by atoms with Crippen molar-refractivity contribution in [3.8, 4) is 22.8 Å². The molecular formula is C24H28N4O2S. The van der Waals surface area contributed by atoms with Crippen molar-refractivity contribution < 1.29 is 9.53 Å². The van der Waals surface area contributed by atoms with Crippen molar-refractivity contribution in [3.63, 3.8) is 0 Å². The van der Waals surface area contributed by atoms with Gasteiger partial charge in [-0.3, -0.25) is 9.36 Å². The lowest BCUT2D eigenvalue weighted by molar-refractivity contribution is -0.120. The van der Waals surface area contributed by atoms with Crippen LogP contribution in [-0.4, -0.2) is 39.6 Å². The molecule has 0 bridgehead atoms. The molecule has 1 saturated heterocycles. The predicted octanol–water partition coefficient (Wildman–Crippen LogP) is 4.83. The number of methoxy groups -OCH3 is 1. The number of rotatable bonds is 6. The fourth-order valence-electron chi connectivity index (χ4n) is 3.82. The van der Waals surface area contributed by atoms with Crippen LogP contribution in [0.2, 0.25) is 0 Å². The second-order valence-electron chi connectivity index (χ2n) is 7.98. The first-order valence-corrected chi connectivity index (χ1v) is 11.6. The van der Waals surface area contributed by atoms with E-state index in [0.717, 1.165) is 53.8 Å². The third-order valence-corrected chi connectivity index (χ3v) is 6.72. The van der Waals surface area contributed by atoms with Gasteiger partial charge in [0.15, 0.2) is 11.0 Å². The highest BCUT2D eigenvalue weighted by atomic mass is 32.2. The molecule has 162 valence electrons. The number of ether oxygens (including phenoxy) is 1. The number of hydrogen-bond acceptors (Lipinski definition) is 5. The van der Waals surface area contributed by atoms with E-state index in [2.05, 4.69) is 52.1 Å². The zero-order valence-electron chi connectivity index (χ0n) is 18.2. The van der Waals surface area contributed by atoms with Crippen LogP contribution in [0.5, 0.6) is 5.75 Å². The fraction of sp³-hybridized carbons (Fsp3) is 0.375. The maximum Gasteiger partial charge on any atom is 0.233 e. The molecule has 1 amide bonds. The van der Waals surface area contributed by atoms with Gasteiger partial charge in [0, 0.05) is 12.1 Å². The Balaban J connectivity index is 1.82. The van der Waals surface area contributed by atoms with Gasteiger partial charge in [0.2, 0.25) is 5.91 Å². The van der Waals surface area contributed by atoms with Crippen LogP contribution < -0.4 is 10.1 Å². The molecule has 1 fully saturated rings. The SMILES string of the molecule is COc1ccc(-c2nnc(SC3CCCCNC3=O)n2-c2ccccc2C(C)C)cc1. The summed E-state index contributed by atoms with van der Waals surface area (Å²) in [5.41, 5.74) is 3.21. The first kappa shape index (κ1) is 21.4. The topological polar surface area (TPSA) is 69.0 Å². The number of thioether (sulfide) groups is 1. The van der Waals surface area contributed by atoms with Crippen molar-refractivity contribution in [2.75, 3.05) is 13.7 Å². The van der Waals surface area contributed by atoms with Crippen LogP contribution in [0.4, 0.5) is 0 Å². The molecule has 1 aliphatic rings. The molecule has 31 heavy (non-hydrogen) atoms. The zero-order chi connectivity index (χ0) is 21.8. The second kappa shape index (κ2) is 9.56. The van der Waals surface area contributed by atoms with Crippen molar-refractivity contribution in [1.82, 2.24) is 20.1 Å². The highest BCUT2D eigenvalue weighted by Gasteiger charge is 2.27. The normalized spacial score (nSPS) is 16.8. The molecule has 4 rings (SSSR count). The van der Waals surface area contributed by atoms with E-state index in [9.17, 15) is 4.79 Å². The number of benzene rings is 2. The molecule has 1 unspecified atom stereocenters. The van der Waals surface area contributed by atoms with Gasteiger partial charge >= 0.3 is 0 Å². The summed E-state index contributed by atoms with van der Waals surface area (Å²) in [5, 5.41) is 12.7. The van der Waals surface area contributed by atoms with Crippen LogP contribution in [0.25, 0.3) is 17.1 Å². The summed E-state index contributed by atoms with van der Waals surface area (Å²) in [6.45, 7) is 5.11. The van der Waals surface area contributed by atoms with Crippen LogP contribution in [0.15, 0.2) is 53.7 Å². The summed E-state index contributed by atoms with van der Waals surface area (Å²) in [6, 6.07) is 16.2. The Labute approximate surface area is 187 Å². The Morgan fingerprint density at radius 3 is 2.61 bits per heavy atom. The monoisotopic (exact) mass is 436 g/mol. The van der Waals surface area contributed by atoms with Crippen molar-refractivity contribution in [2.24, 2.45) is 0 Å². The number of carbonyl (C=O) groups is 1. The largest absolute Gasteiger partial charge is 0.497 e. The van der Waals surface area contributed by atoms with E-state index in [4.69, 9.17) is 4.74 Å². The standard InChI is InChI=1S/C24H28N4O2S/c1-16(2)19-8-4-5-9-20(19)28-22(17-11-13-18(30-3)14-12-17)26-27-24(28)31-21-10-6-7-15-25-23(21)29/h4-5,8-9,11-14,16,21H,6-7,10,15H2,1-3H3,(H,25,29). The van der Waals surface area contributed by atoms with Crippen molar-refractivity contribution >= 4 is 17.7 Å². The highest BCUT2D eigenvalue weighted by molar-refractivity contribution is 8.00. The van der Waals surface area contributed by atoms with Crippen LogP contribution in [0, 0.1) is 0 Å². The van der Waals surface area contributed by atoms with Gasteiger partial charge in [0.05, 0.1) is 18.0 Å². The van der Waals surface area contributed by atoms with Crippen molar-refractivity contribution in [3.05, 3.63) is 54.1 Å². The molecule has 0 aliphatic carbocycles. The van der Waals surface area contributed by atoms with E-state index in [1.807, 2.05) is 30.3 Å². The Bertz CT molecular complexity index is 1050. The Morgan fingerprint density at radius 1 is 1.10 bits per heavy atom. The smallest absolute Gasteiger partial charge is 0.233 e. The quantitative estimate of drug-likeness (QED) is 0.600. The average molecular weight is 437 g/mol. The minimum atomic E-state index is -0.166. The van der Waals surface area contributed by atoms with Gasteiger partial charge in [-0.2, -0.15) is 0 Å². The summed E-state index contributed by atoms with van der Waals surface area (Å²) < 4.78 is 7.41. The summed E-state index contributed by atoms with van der Waals surface area (Å²) in [4.78, 5) is 12.6. The van der Waals surface area contributed by atoms with Crippen LogP contribution in [0.3, 0.4) is 0 Å². The third-order valence-electron chi connectivity index (χ3n) is 5.51. The van der Waals surface area contributed by atoms with Crippen LogP contribution >= 0.6 is 11.8 Å². The molecule has 1 aliphatic heterocycles. The lowest BCUT2D eigenvalue weighted by Crippen LogP contribution is -2.30. The number of para-hydroxylation sites is 1. The van der Waals surface area contributed by atoms with E-state index in [1.54, 1.807) is 7.11 Å². The van der Waals surface area contributed by atoms with Crippen molar-refractivity contribution in [2.45, 2.75) is 49.4 Å². The molecule has 1 aromatic heterocycles. The van der Waals surface area contributed by atoms with Gasteiger partial charge in [-0.1, -0.05) is 50.2 Å². The van der Waals surface area contributed by atoms with E-state index in [-0.39, 0.29) is 11.2 Å². The number of aromatic nitrogens is 3. The summed E-state index contributed by atoms with van der Waals surface area (Å²) in [5.74, 6) is 1.97. The number of amides is 1. The summed E-state index contributed by atoms with van der Waals surface area (Å²) in [7, 11) is 1.66. The molecule has 0 radical (unpaired) electrons. The van der Waals surface area contributed by atoms with E-state index in [0.29, 0.717) is 5.92 Å². The molecule has 7 heteroatoms. The summed E-state index contributed by atoms with van der Waals surface area (Å²) in [6.07, 6.45) is 2.88. The molecule has 3 aromatic rings. The zero-order valence-corrected chi connectivity index (χ0v) is 19.0. The van der Waals surface area contributed by atoms with Gasteiger partial charge < -0.3 is 10.1 Å². The molecule has 1 atom stereocenters. The average Bonchev–Trinajstić information content (AvgIpc) is 3.10. The Hall–Kier alpha value is -2.80. The number of carbonyl (C=O) groups excluding carboxylic acids is 1. The lowest BCUT2D eigenvalue weighted by Gasteiger charge is -2.18. The molecule has 0 spiro atoms. The molecule has 2 aromatic carbocycles. The van der Waals surface area contributed by atoms with Gasteiger partial charge in [-0.25, -0.2) is 0 Å². The first-order chi connectivity index (χ1) is 15.1. The molecule has 6 nitrogen and oxygen atoms in total. The van der Waals surface area contributed by atoms with Crippen LogP contribution in [-0.2, 0) is 4.79 Å². The molecule has 2 heterocycles. The first-order valence-electron chi connectivity index (χ1n) is 10.7. The minimum absolute atomic E-state index is 0.0835. The lowest BCUT2D eigenvalue weighted by atomic mass is 10.0. The second-order valence-corrected chi connectivity index (χ2v) is 9.15. The number of hydrogen-bond donors (Lipinski definition) is 1. The van der Waals surface area contributed by atoms with E-state index in [1.165, 1.54) is 17.3 Å². The maximum absolute atomic E-state index is 12.6. The number of nitrogens with one attached hydrogen (secondary N) is 1. The third kappa shape index (κ3) is 4.61. The van der Waals surface area contributed by atoms with Gasteiger partial charge in [-0.15, -0.1) is 10.2 Å². The Kier molecular flexibility index (Phi) is 6.61. The van der Waals surface area contributed by atoms with Crippen LogP contribution in [0.1, 0.15) is 44.6 Å². The maximum atomic E-state index is 12.6. The van der Waals surface area contributed by atoms with Crippen molar-refractivity contribution in [1.29, 1.82) is 0 Å². The van der Waals surface area contributed by atoms with Gasteiger partial charge in [0.25, 0.3) is 0 Å². The fourth-order valence-corrected chi connectivity index (χ4v) is 4.93. The van der Waals surface area contributed by atoms with Gasteiger partial charge in [0.1, 0.15) is 5.75 Å². The number of nitrogens with zero attached hydrogens (tertiary/aromatic N) is 3. The highest BCUT2D eigenvalue weighted by Crippen LogP contribution is 2.35. The Morgan fingerprint density at radius 2 is 1.87 bits per heavy atom. The van der Waals surface area contributed by atoms with E-state index >= 15 is 0 Å². The predicted molar refractivity (Wildman–Crippen MR) is 124 cm³/mol. The van der Waals surface area contributed by atoms with E-state index < -0.39 is 0 Å². The van der Waals surface area contributed by atoms with Gasteiger partial charge in [-0.05, 0) is 54.7 Å². The molecular weight excluding hydrogens is 408 g/mol.